The molecule has 0 aromatic heterocycles. The average molecular weight is 355 g/mol. The van der Waals surface area contributed by atoms with Crippen LogP contribution in [0.1, 0.15) is 11.1 Å². The fraction of sp³-hybridized carbons (Fsp3) is 0.0556. The van der Waals surface area contributed by atoms with Crippen molar-refractivity contribution in [2.45, 2.75) is 6.54 Å². The van der Waals surface area contributed by atoms with Crippen molar-refractivity contribution in [1.29, 1.82) is 0 Å². The molecule has 0 spiro atoms. The Labute approximate surface area is 147 Å². The predicted molar refractivity (Wildman–Crippen MR) is 93.6 cm³/mol. The highest BCUT2D eigenvalue weighted by Crippen LogP contribution is 2.41. The minimum atomic E-state index is -0.907. The van der Waals surface area contributed by atoms with E-state index in [1.807, 2.05) is 0 Å². The summed E-state index contributed by atoms with van der Waals surface area (Å²) < 4.78 is 14.1. The van der Waals surface area contributed by atoms with Crippen LogP contribution in [-0.4, -0.2) is 15.9 Å². The Hall–Kier alpha value is -3.68. The van der Waals surface area contributed by atoms with Crippen molar-refractivity contribution in [2.75, 3.05) is 4.90 Å². The van der Waals surface area contributed by atoms with Crippen LogP contribution in [-0.2, 0) is 11.3 Å². The fourth-order valence-corrected chi connectivity index (χ4v) is 2.85. The van der Waals surface area contributed by atoms with Gasteiger partial charge in [-0.2, -0.15) is 0 Å². The van der Waals surface area contributed by atoms with Gasteiger partial charge in [-0.15, -0.1) is 0 Å². The van der Waals surface area contributed by atoms with Crippen molar-refractivity contribution < 1.29 is 19.2 Å². The van der Waals surface area contributed by atoms with Crippen LogP contribution in [0.25, 0.3) is 5.76 Å². The van der Waals surface area contributed by atoms with E-state index < -0.39 is 22.4 Å². The quantitative estimate of drug-likeness (QED) is 0.647. The zero-order chi connectivity index (χ0) is 19.0. The van der Waals surface area contributed by atoms with Crippen molar-refractivity contribution in [3.63, 3.8) is 0 Å². The Morgan fingerprint density at radius 3 is 2.62 bits per heavy atom. The van der Waals surface area contributed by atoms with E-state index in [2.05, 4.69) is 6.58 Å². The number of nitrogens with zero attached hydrogens (tertiary/aromatic N) is 2. The van der Waals surface area contributed by atoms with Crippen molar-refractivity contribution in [3.05, 3.63) is 87.4 Å². The molecule has 7 nitrogen and oxygen atoms in total. The third-order valence-electron chi connectivity index (χ3n) is 4.12. The third kappa shape index (κ3) is 2.77. The lowest BCUT2D eigenvalue weighted by Crippen LogP contribution is -2.32. The molecule has 0 saturated heterocycles. The van der Waals surface area contributed by atoms with Gasteiger partial charge in [0.25, 0.3) is 11.6 Å². The first-order chi connectivity index (χ1) is 12.3. The molecule has 0 fully saturated rings. The van der Waals surface area contributed by atoms with E-state index in [1.165, 1.54) is 35.2 Å². The van der Waals surface area contributed by atoms with Gasteiger partial charge in [-0.3, -0.25) is 14.9 Å². The number of aliphatic hydroxyl groups excluding tert-OH is 1. The van der Waals surface area contributed by atoms with Gasteiger partial charge in [-0.1, -0.05) is 24.8 Å². The van der Waals surface area contributed by atoms with Crippen molar-refractivity contribution in [2.24, 2.45) is 5.73 Å². The first-order valence-corrected chi connectivity index (χ1v) is 7.53. The molecule has 1 amide bonds. The number of carbonyl (C=O) groups excluding carboxylic acids is 1. The molecule has 0 bridgehead atoms. The Kier molecular flexibility index (Phi) is 4.17. The molecule has 26 heavy (non-hydrogen) atoms. The maximum atomic E-state index is 14.1. The topological polar surface area (TPSA) is 110 Å². The Morgan fingerprint density at radius 2 is 2.00 bits per heavy atom. The van der Waals surface area contributed by atoms with E-state index in [1.54, 1.807) is 12.1 Å². The number of aliphatic hydroxyl groups is 1. The second-order valence-electron chi connectivity index (χ2n) is 5.67. The first-order valence-electron chi connectivity index (χ1n) is 7.53. The Morgan fingerprint density at radius 1 is 1.31 bits per heavy atom. The van der Waals surface area contributed by atoms with Crippen LogP contribution in [0, 0.1) is 15.9 Å². The Balaban J connectivity index is 2.20. The SMILES string of the molecule is C=C1C(C(N)=O)=C(O)c2ccc([N+](=O)[O-])cc2N1Cc1ccccc1F. The molecule has 3 N–H and O–H groups in total. The van der Waals surface area contributed by atoms with E-state index in [0.717, 1.165) is 0 Å². The molecule has 1 aliphatic heterocycles. The number of hydrogen-bond donors (Lipinski definition) is 2. The summed E-state index contributed by atoms with van der Waals surface area (Å²) in [6.07, 6.45) is 0. The lowest BCUT2D eigenvalue weighted by atomic mass is 9.96. The number of nitro groups is 1. The second kappa shape index (κ2) is 6.32. The number of fused-ring (bicyclic) bond motifs is 1. The number of hydrogen-bond acceptors (Lipinski definition) is 5. The number of primary amides is 1. The van der Waals surface area contributed by atoms with Gasteiger partial charge in [-0.05, 0) is 12.1 Å². The van der Waals surface area contributed by atoms with Crippen LogP contribution in [0.4, 0.5) is 15.8 Å². The van der Waals surface area contributed by atoms with Crippen molar-refractivity contribution in [3.8, 4) is 0 Å². The summed E-state index contributed by atoms with van der Waals surface area (Å²) in [5.74, 6) is -1.81. The molecular weight excluding hydrogens is 341 g/mol. The number of nitrogens with two attached hydrogens (primary N) is 1. The van der Waals surface area contributed by atoms with E-state index in [-0.39, 0.29) is 40.3 Å². The summed E-state index contributed by atoms with van der Waals surface area (Å²) in [5.41, 5.74) is 5.63. The molecule has 0 atom stereocenters. The van der Waals surface area contributed by atoms with Crippen LogP contribution in [0.15, 0.2) is 60.3 Å². The average Bonchev–Trinajstić information content (AvgIpc) is 2.59. The third-order valence-corrected chi connectivity index (χ3v) is 4.12. The number of amides is 1. The van der Waals surface area contributed by atoms with E-state index >= 15 is 0 Å². The van der Waals surface area contributed by atoms with Crippen LogP contribution in [0.2, 0.25) is 0 Å². The van der Waals surface area contributed by atoms with Crippen LogP contribution >= 0.6 is 0 Å². The van der Waals surface area contributed by atoms with Crippen LogP contribution in [0.5, 0.6) is 0 Å². The highest BCUT2D eigenvalue weighted by Gasteiger charge is 2.32. The standard InChI is InChI=1S/C18H14FN3O4/c1-10-16(18(20)24)17(23)13-7-6-12(22(25)26)8-15(13)21(10)9-11-4-2-3-5-14(11)19/h2-8,23H,1,9H2,(H2,20,24). The largest absolute Gasteiger partial charge is 0.506 e. The summed E-state index contributed by atoms with van der Waals surface area (Å²) >= 11 is 0. The number of nitro benzene ring substituents is 1. The molecular formula is C18H14FN3O4. The normalized spacial score (nSPS) is 13.6. The monoisotopic (exact) mass is 355 g/mol. The van der Waals surface area contributed by atoms with Gasteiger partial charge in [-0.25, -0.2) is 4.39 Å². The van der Waals surface area contributed by atoms with Gasteiger partial charge in [0.1, 0.15) is 17.1 Å². The minimum Gasteiger partial charge on any atom is -0.506 e. The number of carbonyl (C=O) groups is 1. The zero-order valence-corrected chi connectivity index (χ0v) is 13.5. The van der Waals surface area contributed by atoms with Crippen LogP contribution in [0.3, 0.4) is 0 Å². The Bertz CT molecular complexity index is 984. The minimum absolute atomic E-state index is 0.0336. The molecule has 0 saturated carbocycles. The van der Waals surface area contributed by atoms with Gasteiger partial charge in [0.05, 0.1) is 22.9 Å². The maximum Gasteiger partial charge on any atom is 0.271 e. The molecule has 3 rings (SSSR count). The highest BCUT2D eigenvalue weighted by molar-refractivity contribution is 6.07. The second-order valence-corrected chi connectivity index (χ2v) is 5.67. The van der Waals surface area contributed by atoms with E-state index in [4.69, 9.17) is 5.73 Å². The lowest BCUT2D eigenvalue weighted by molar-refractivity contribution is -0.384. The smallest absolute Gasteiger partial charge is 0.271 e. The summed E-state index contributed by atoms with van der Waals surface area (Å²) in [6, 6.07) is 9.73. The van der Waals surface area contributed by atoms with E-state index in [0.29, 0.717) is 0 Å². The first kappa shape index (κ1) is 17.2. The summed E-state index contributed by atoms with van der Waals surface area (Å²) in [4.78, 5) is 23.7. The summed E-state index contributed by atoms with van der Waals surface area (Å²) in [7, 11) is 0. The number of halogens is 1. The summed E-state index contributed by atoms with van der Waals surface area (Å²) in [6.45, 7) is 3.71. The van der Waals surface area contributed by atoms with Gasteiger partial charge >= 0.3 is 0 Å². The molecule has 0 aliphatic carbocycles. The van der Waals surface area contributed by atoms with Crippen molar-refractivity contribution >= 4 is 23.0 Å². The molecule has 2 aromatic carbocycles. The number of anilines is 1. The highest BCUT2D eigenvalue weighted by atomic mass is 19.1. The maximum absolute atomic E-state index is 14.1. The number of non-ortho nitro benzene ring substituents is 1. The number of benzene rings is 2. The molecule has 1 aliphatic rings. The molecule has 0 radical (unpaired) electrons. The lowest BCUT2D eigenvalue weighted by Gasteiger charge is -2.33. The van der Waals surface area contributed by atoms with Crippen molar-refractivity contribution in [1.82, 2.24) is 0 Å². The number of rotatable bonds is 4. The molecule has 1 heterocycles. The molecule has 2 aromatic rings. The van der Waals surface area contributed by atoms with Gasteiger partial charge < -0.3 is 15.7 Å². The fourth-order valence-electron chi connectivity index (χ4n) is 2.85. The molecule has 0 unspecified atom stereocenters. The predicted octanol–water partition coefficient (Wildman–Crippen LogP) is 3.02. The van der Waals surface area contributed by atoms with Gasteiger partial charge in [0, 0.05) is 23.3 Å². The van der Waals surface area contributed by atoms with Gasteiger partial charge in [0.15, 0.2) is 0 Å². The summed E-state index contributed by atoms with van der Waals surface area (Å²) in [5, 5.41) is 21.5. The van der Waals surface area contributed by atoms with E-state index in [9.17, 15) is 24.4 Å². The zero-order valence-electron chi connectivity index (χ0n) is 13.5. The van der Waals surface area contributed by atoms with Gasteiger partial charge in [0.2, 0.25) is 0 Å². The molecule has 8 heteroatoms. The molecule has 132 valence electrons. The van der Waals surface area contributed by atoms with Crippen LogP contribution < -0.4 is 10.6 Å².